The van der Waals surface area contributed by atoms with E-state index in [0.717, 1.165) is 38.9 Å². The molecule has 0 spiro atoms. The molecular formula is C27H30N2O5. The minimum Gasteiger partial charge on any atom is -0.415 e. The van der Waals surface area contributed by atoms with Gasteiger partial charge in [-0.25, -0.2) is 9.59 Å². The number of ether oxygens (including phenoxy) is 2. The van der Waals surface area contributed by atoms with Crippen molar-refractivity contribution in [3.63, 3.8) is 0 Å². The second kappa shape index (κ2) is 10.2. The Morgan fingerprint density at radius 3 is 2.29 bits per heavy atom. The molecule has 2 aromatic heterocycles. The smallest absolute Gasteiger partial charge is 0.415 e. The van der Waals surface area contributed by atoms with Crippen LogP contribution >= 0.6 is 0 Å². The lowest BCUT2D eigenvalue weighted by Crippen LogP contribution is -2.27. The summed E-state index contributed by atoms with van der Waals surface area (Å²) in [6, 6.07) is 12.6. The van der Waals surface area contributed by atoms with Crippen LogP contribution in [0.4, 0.5) is 0 Å². The first-order valence-electron chi connectivity index (χ1n) is 11.9. The fraction of sp³-hybridized carbons (Fsp3) is 0.370. The van der Waals surface area contributed by atoms with E-state index in [1.807, 2.05) is 31.2 Å². The summed E-state index contributed by atoms with van der Waals surface area (Å²) in [5.41, 5.74) is 3.15. The lowest BCUT2D eigenvalue weighted by atomic mass is 10.0. The third-order valence-electron chi connectivity index (χ3n) is 6.40. The first-order valence-corrected chi connectivity index (χ1v) is 11.9. The number of unbranched alkanes of at least 4 members (excludes halogenated alkanes) is 1. The molecular weight excluding hydrogens is 432 g/mol. The normalized spacial score (nSPS) is 13.2. The second-order valence-electron chi connectivity index (χ2n) is 8.38. The van der Waals surface area contributed by atoms with Gasteiger partial charge < -0.3 is 14.4 Å². The number of carbonyl (C=O) groups is 3. The molecule has 1 aliphatic rings. The van der Waals surface area contributed by atoms with Gasteiger partial charge in [0.05, 0.1) is 5.52 Å². The molecule has 0 radical (unpaired) electrons. The van der Waals surface area contributed by atoms with Crippen LogP contribution in [0.3, 0.4) is 0 Å². The van der Waals surface area contributed by atoms with Crippen molar-refractivity contribution in [3.8, 4) is 11.6 Å². The molecule has 0 fully saturated rings. The molecule has 4 bridgehead atoms. The minimum absolute atomic E-state index is 0.119. The molecule has 0 saturated heterocycles. The number of carbonyl (C=O) groups excluding carboxylic acids is 3. The second-order valence-corrected chi connectivity index (χ2v) is 8.38. The van der Waals surface area contributed by atoms with Gasteiger partial charge in [-0.15, -0.1) is 0 Å². The van der Waals surface area contributed by atoms with Crippen LogP contribution in [0.15, 0.2) is 42.5 Å². The van der Waals surface area contributed by atoms with Crippen LogP contribution in [-0.4, -0.2) is 46.7 Å². The predicted molar refractivity (Wildman–Crippen MR) is 129 cm³/mol. The number of hydrogen-bond acceptors (Lipinski definition) is 6. The SMILES string of the molecule is CCc1c2c3cccc(n3c1C(=O)c1ccc(CCCCN(CC)CC)cc1)OC(=O)C(=O)O2. The molecule has 4 rings (SSSR count). The van der Waals surface area contributed by atoms with Crippen molar-refractivity contribution in [2.45, 2.75) is 46.5 Å². The average molecular weight is 463 g/mol. The average Bonchev–Trinajstić information content (AvgIpc) is 3.19. The van der Waals surface area contributed by atoms with Crippen LogP contribution in [0.25, 0.3) is 5.52 Å². The fourth-order valence-electron chi connectivity index (χ4n) is 4.49. The molecule has 0 N–H and O–H groups in total. The van der Waals surface area contributed by atoms with Crippen LogP contribution in [0.1, 0.15) is 60.8 Å². The van der Waals surface area contributed by atoms with E-state index in [2.05, 4.69) is 18.7 Å². The predicted octanol–water partition coefficient (Wildman–Crippen LogP) is 4.22. The van der Waals surface area contributed by atoms with Crippen LogP contribution in [-0.2, 0) is 22.4 Å². The van der Waals surface area contributed by atoms with Crippen LogP contribution < -0.4 is 9.47 Å². The zero-order valence-electron chi connectivity index (χ0n) is 19.9. The summed E-state index contributed by atoms with van der Waals surface area (Å²) in [4.78, 5) is 40.2. The van der Waals surface area contributed by atoms with Crippen molar-refractivity contribution in [2.24, 2.45) is 0 Å². The molecule has 178 valence electrons. The van der Waals surface area contributed by atoms with Crippen molar-refractivity contribution < 1.29 is 23.9 Å². The van der Waals surface area contributed by atoms with Gasteiger partial charge >= 0.3 is 11.9 Å². The Morgan fingerprint density at radius 1 is 0.912 bits per heavy atom. The minimum atomic E-state index is -1.11. The maximum atomic E-state index is 13.6. The number of aromatic nitrogens is 1. The van der Waals surface area contributed by atoms with E-state index in [9.17, 15) is 14.4 Å². The maximum Gasteiger partial charge on any atom is 0.424 e. The van der Waals surface area contributed by atoms with E-state index in [1.54, 1.807) is 22.6 Å². The highest BCUT2D eigenvalue weighted by atomic mass is 16.6. The molecule has 0 saturated carbocycles. The van der Waals surface area contributed by atoms with Crippen LogP contribution in [0.2, 0.25) is 0 Å². The van der Waals surface area contributed by atoms with Gasteiger partial charge in [0.25, 0.3) is 0 Å². The summed E-state index contributed by atoms with van der Waals surface area (Å²) in [6.07, 6.45) is 3.64. The number of pyridine rings is 1. The third-order valence-corrected chi connectivity index (χ3v) is 6.40. The largest absolute Gasteiger partial charge is 0.424 e. The van der Waals surface area contributed by atoms with E-state index in [-0.39, 0.29) is 17.4 Å². The zero-order chi connectivity index (χ0) is 24.2. The molecule has 0 unspecified atom stereocenters. The molecule has 1 aliphatic heterocycles. The third kappa shape index (κ3) is 4.48. The number of nitrogens with zero attached hydrogens (tertiary/aromatic N) is 2. The Hall–Kier alpha value is -3.45. The van der Waals surface area contributed by atoms with E-state index in [1.165, 1.54) is 5.56 Å². The van der Waals surface area contributed by atoms with E-state index < -0.39 is 11.9 Å². The van der Waals surface area contributed by atoms with Crippen molar-refractivity contribution in [3.05, 3.63) is 64.8 Å². The lowest BCUT2D eigenvalue weighted by molar-refractivity contribution is -0.156. The Morgan fingerprint density at radius 2 is 1.62 bits per heavy atom. The Balaban J connectivity index is 1.60. The Labute approximate surface area is 199 Å². The summed E-state index contributed by atoms with van der Waals surface area (Å²) in [5, 5.41) is 0. The van der Waals surface area contributed by atoms with Gasteiger partial charge in [-0.2, -0.15) is 0 Å². The quantitative estimate of drug-likeness (QED) is 0.194. The summed E-state index contributed by atoms with van der Waals surface area (Å²) >= 11 is 0. The molecule has 3 heterocycles. The Kier molecular flexibility index (Phi) is 7.12. The molecule has 0 atom stereocenters. The van der Waals surface area contributed by atoms with Gasteiger partial charge in [-0.05, 0) is 63.0 Å². The molecule has 0 amide bonds. The first-order chi connectivity index (χ1) is 16.5. The van der Waals surface area contributed by atoms with Gasteiger partial charge in [-0.1, -0.05) is 51.1 Å². The van der Waals surface area contributed by atoms with Crippen molar-refractivity contribution in [1.82, 2.24) is 9.30 Å². The number of rotatable bonds is 10. The first kappa shape index (κ1) is 23.7. The summed E-state index contributed by atoms with van der Waals surface area (Å²) in [7, 11) is 0. The topological polar surface area (TPSA) is 77.3 Å². The van der Waals surface area contributed by atoms with Gasteiger partial charge in [0.2, 0.25) is 11.7 Å². The number of ketones is 1. The Bertz CT molecular complexity index is 1220. The van der Waals surface area contributed by atoms with Gasteiger partial charge in [-0.3, -0.25) is 9.20 Å². The molecule has 34 heavy (non-hydrogen) atoms. The van der Waals surface area contributed by atoms with Crippen LogP contribution in [0, 0.1) is 0 Å². The van der Waals surface area contributed by atoms with Crippen molar-refractivity contribution in [2.75, 3.05) is 19.6 Å². The molecule has 7 heteroatoms. The number of hydrogen-bond donors (Lipinski definition) is 0. The van der Waals surface area contributed by atoms with E-state index in [4.69, 9.17) is 9.47 Å². The van der Waals surface area contributed by atoms with Crippen molar-refractivity contribution in [1.29, 1.82) is 0 Å². The summed E-state index contributed by atoms with van der Waals surface area (Å²) < 4.78 is 12.1. The molecule has 3 aromatic rings. The molecule has 7 nitrogen and oxygen atoms in total. The van der Waals surface area contributed by atoms with Crippen molar-refractivity contribution >= 4 is 23.2 Å². The van der Waals surface area contributed by atoms with Gasteiger partial charge in [0.15, 0.2) is 5.75 Å². The molecule has 1 aromatic carbocycles. The molecule has 0 aliphatic carbocycles. The lowest BCUT2D eigenvalue weighted by Gasteiger charge is -2.17. The highest BCUT2D eigenvalue weighted by Gasteiger charge is 2.32. The summed E-state index contributed by atoms with van der Waals surface area (Å²) in [5.74, 6) is -2.07. The maximum absolute atomic E-state index is 13.6. The van der Waals surface area contributed by atoms with Gasteiger partial charge in [0, 0.05) is 11.1 Å². The van der Waals surface area contributed by atoms with E-state index >= 15 is 0 Å². The monoisotopic (exact) mass is 462 g/mol. The van der Waals surface area contributed by atoms with E-state index in [0.29, 0.717) is 28.8 Å². The highest BCUT2D eigenvalue weighted by Crippen LogP contribution is 2.37. The highest BCUT2D eigenvalue weighted by molar-refractivity contribution is 6.31. The van der Waals surface area contributed by atoms with Crippen LogP contribution in [0.5, 0.6) is 11.6 Å². The summed E-state index contributed by atoms with van der Waals surface area (Å²) in [6.45, 7) is 9.49. The standard InChI is InChI=1S/C27H30N2O5/c1-4-20-23(29-21-11-9-12-22(29)33-26(31)27(32)34-25(20)21)24(30)19-15-13-18(14-16-19)10-7-8-17-28(5-2)6-3/h9,11-16H,4-8,10,17H2,1-3H3. The van der Waals surface area contributed by atoms with Gasteiger partial charge in [0.1, 0.15) is 5.69 Å². The fourth-order valence-corrected chi connectivity index (χ4v) is 4.49. The number of aryl methyl sites for hydroxylation is 1. The number of esters is 2. The zero-order valence-corrected chi connectivity index (χ0v) is 19.9. The number of benzene rings is 1.